The van der Waals surface area contributed by atoms with Gasteiger partial charge in [0.2, 0.25) is 5.88 Å². The molecule has 0 bridgehead atoms. The zero-order valence-electron chi connectivity index (χ0n) is 37.8. The quantitative estimate of drug-likeness (QED) is 0.0421. The Morgan fingerprint density at radius 2 is 1.48 bits per heavy atom. The smallest absolute Gasteiger partial charge is 1.00 e. The third-order valence-corrected chi connectivity index (χ3v) is 8.50. The van der Waals surface area contributed by atoms with Gasteiger partial charge in [-0.2, -0.15) is 4.98 Å². The number of aromatic nitrogens is 5. The van der Waals surface area contributed by atoms with E-state index in [1.165, 1.54) is 31.6 Å². The number of piperidine rings is 2. The summed E-state index contributed by atoms with van der Waals surface area (Å²) in [6.45, 7) is 14.9. The van der Waals surface area contributed by atoms with Gasteiger partial charge < -0.3 is 50.7 Å². The number of ether oxygens (including phenoxy) is 4. The van der Waals surface area contributed by atoms with E-state index in [9.17, 15) is 24.3 Å². The Morgan fingerprint density at radius 3 is 1.97 bits per heavy atom. The molecule has 2 amide bonds. The topological polar surface area (TPSA) is 250 Å². The number of hydrogen-bond acceptors (Lipinski definition) is 17. The Kier molecular flexibility index (Phi) is 25.5. The number of carbonyl (C=O) groups excluding carboxylic acids is 4. The molecular formula is C39H56K2N8O12. The first-order valence-corrected chi connectivity index (χ1v) is 19.1. The number of anilines is 1. The summed E-state index contributed by atoms with van der Waals surface area (Å²) in [6.07, 6.45) is 7.96. The normalized spacial score (nSPS) is 14.5. The standard InChI is InChI=1S/C20H30N4O5.C18H24N4O4.CH2O3.2K.H/c1-6-28-17(25)8-7-15-18(23-16(27-5)13-21-15)22-14-9-11-24(12-10-14)19(26)29-20(2,3)4;1-18(2,3)26-17(25)21-8-6-13(7-9-21)22-15(24)5-4-14-16(22)20-12(11-23)10-19-14;2-1-4-3;;;/h7-8,13-14H,6,9-12H2,1-5H3,(H,22,23);4-5,10,13,23H,6-9,11H2,1-3H3;1,3H;;;/q;;;2*+1;-1/p-1/b8-7+;;;;;. The number of esters is 1. The maximum absolute atomic E-state index is 12.5. The average Bonchev–Trinajstić information content (AvgIpc) is 3.19. The molecule has 326 valence electrons. The maximum atomic E-state index is 12.5. The number of fused-ring (bicyclic) bond motifs is 1. The Hall–Kier alpha value is -2.62. The summed E-state index contributed by atoms with van der Waals surface area (Å²) >= 11 is 0. The predicted molar refractivity (Wildman–Crippen MR) is 213 cm³/mol. The molecule has 0 spiro atoms. The molecule has 3 aromatic heterocycles. The summed E-state index contributed by atoms with van der Waals surface area (Å²) in [7, 11) is 1.52. The molecule has 20 nitrogen and oxygen atoms in total. The van der Waals surface area contributed by atoms with Crippen LogP contribution in [0.4, 0.5) is 15.4 Å². The first-order chi connectivity index (χ1) is 27.9. The van der Waals surface area contributed by atoms with Crippen molar-refractivity contribution in [3.63, 3.8) is 0 Å². The number of hydrogen-bond donors (Lipinski definition) is 2. The second-order valence-electron chi connectivity index (χ2n) is 15.3. The van der Waals surface area contributed by atoms with Gasteiger partial charge in [-0.15, -0.1) is 0 Å². The monoisotopic (exact) mass is 906 g/mol. The third-order valence-electron chi connectivity index (χ3n) is 8.50. The first kappa shape index (κ1) is 56.4. The zero-order chi connectivity index (χ0) is 43.8. The van der Waals surface area contributed by atoms with Crippen LogP contribution in [0.25, 0.3) is 17.2 Å². The van der Waals surface area contributed by atoms with Crippen molar-refractivity contribution in [2.24, 2.45) is 0 Å². The molecule has 0 radical (unpaired) electrons. The number of likely N-dealkylation sites (tertiary alicyclic amines) is 2. The zero-order valence-corrected chi connectivity index (χ0v) is 43.1. The van der Waals surface area contributed by atoms with E-state index in [-0.39, 0.29) is 147 Å². The van der Waals surface area contributed by atoms with Crippen LogP contribution >= 0.6 is 0 Å². The van der Waals surface area contributed by atoms with Crippen molar-refractivity contribution in [1.29, 1.82) is 0 Å². The third kappa shape index (κ3) is 19.3. The largest absolute Gasteiger partial charge is 1.00 e. The van der Waals surface area contributed by atoms with Crippen molar-refractivity contribution in [3.05, 3.63) is 52.3 Å². The van der Waals surface area contributed by atoms with Crippen LogP contribution in [0.5, 0.6) is 5.88 Å². The molecule has 22 heteroatoms. The van der Waals surface area contributed by atoms with Crippen LogP contribution < -0.4 is 124 Å². The van der Waals surface area contributed by atoms with E-state index in [1.807, 2.05) is 41.5 Å². The van der Waals surface area contributed by atoms with Gasteiger partial charge in [-0.05, 0) is 86.3 Å². The number of nitrogens with zero attached hydrogens (tertiary/aromatic N) is 7. The fourth-order valence-electron chi connectivity index (χ4n) is 5.89. The predicted octanol–water partition coefficient (Wildman–Crippen LogP) is -2.72. The molecule has 0 atom stereocenters. The molecule has 2 N–H and O–H groups in total. The van der Waals surface area contributed by atoms with Crippen LogP contribution in [0, 0.1) is 0 Å². The number of pyridine rings is 1. The second kappa shape index (κ2) is 27.5. The van der Waals surface area contributed by atoms with Gasteiger partial charge in [0, 0.05) is 50.4 Å². The van der Waals surface area contributed by atoms with E-state index in [1.54, 1.807) is 33.4 Å². The van der Waals surface area contributed by atoms with E-state index in [0.717, 1.165) is 12.8 Å². The van der Waals surface area contributed by atoms with Crippen LogP contribution in [0.2, 0.25) is 0 Å². The van der Waals surface area contributed by atoms with Gasteiger partial charge in [0.15, 0.2) is 11.5 Å². The van der Waals surface area contributed by atoms with E-state index < -0.39 is 17.2 Å². The van der Waals surface area contributed by atoms with Crippen LogP contribution in [0.3, 0.4) is 0 Å². The molecule has 0 saturated carbocycles. The number of aliphatic hydroxyl groups is 1. The number of amides is 2. The molecule has 0 aliphatic carbocycles. The fourth-order valence-corrected chi connectivity index (χ4v) is 5.89. The van der Waals surface area contributed by atoms with Gasteiger partial charge in [0.25, 0.3) is 12.0 Å². The number of nitrogens with one attached hydrogen (secondary N) is 1. The summed E-state index contributed by atoms with van der Waals surface area (Å²) in [5.74, 6) is 0.439. The van der Waals surface area contributed by atoms with Crippen LogP contribution in [0.1, 0.15) is 93.0 Å². The van der Waals surface area contributed by atoms with E-state index >= 15 is 0 Å². The number of carbonyl (C=O) groups is 4. The van der Waals surface area contributed by atoms with E-state index in [4.69, 9.17) is 29.0 Å². The van der Waals surface area contributed by atoms with Gasteiger partial charge in [-0.1, -0.05) is 0 Å². The van der Waals surface area contributed by atoms with E-state index in [0.29, 0.717) is 79.9 Å². The summed E-state index contributed by atoms with van der Waals surface area (Å²) in [5, 5.41) is 21.1. The van der Waals surface area contributed by atoms with Gasteiger partial charge in [0.05, 0.1) is 38.4 Å². The molecule has 2 fully saturated rings. The molecule has 5 rings (SSSR count). The first-order valence-electron chi connectivity index (χ1n) is 19.1. The minimum atomic E-state index is -0.531. The van der Waals surface area contributed by atoms with Gasteiger partial charge in [-0.25, -0.2) is 24.4 Å². The molecule has 2 saturated heterocycles. The summed E-state index contributed by atoms with van der Waals surface area (Å²) in [5.41, 5.74) is 0.810. The SMILES string of the molecule is CC(C)(C)OC(=O)N1CCC(n2c(=O)ccc3ncc(CO)nc32)CC1.CCOC(=O)/C=C/c1ncc(OC)nc1NC1CCN(C(=O)OC(C)(C)C)CC1.O=CO[O-].[H-].[K+].[K+]. The fraction of sp³-hybridized carbons (Fsp3) is 0.564. The molecule has 3 aromatic rings. The van der Waals surface area contributed by atoms with Crippen molar-refractivity contribution in [3.8, 4) is 5.88 Å². The van der Waals surface area contributed by atoms with Crippen molar-refractivity contribution in [1.82, 2.24) is 34.3 Å². The Bertz CT molecular complexity index is 1960. The minimum Gasteiger partial charge on any atom is -1.00 e. The number of methoxy groups -OCH3 is 1. The Labute approximate surface area is 441 Å². The summed E-state index contributed by atoms with van der Waals surface area (Å²) in [6, 6.07) is 3.14. The number of aliphatic hydroxyl groups excluding tert-OH is 1. The van der Waals surface area contributed by atoms with Crippen LogP contribution in [-0.2, 0) is 35.3 Å². The minimum absolute atomic E-state index is 0. The molecule has 2 aliphatic heterocycles. The Morgan fingerprint density at radius 1 is 0.918 bits per heavy atom. The van der Waals surface area contributed by atoms with Crippen molar-refractivity contribution in [2.75, 3.05) is 45.2 Å². The van der Waals surface area contributed by atoms with E-state index in [2.05, 4.69) is 30.1 Å². The van der Waals surface area contributed by atoms with Crippen molar-refractivity contribution < 1.29 is 158 Å². The molecule has 0 aromatic carbocycles. The molecule has 0 unspecified atom stereocenters. The van der Waals surface area contributed by atoms with Crippen molar-refractivity contribution >= 4 is 47.7 Å². The van der Waals surface area contributed by atoms with Crippen molar-refractivity contribution in [2.45, 2.75) is 104 Å². The summed E-state index contributed by atoms with van der Waals surface area (Å²) in [4.78, 5) is 80.4. The molecule has 61 heavy (non-hydrogen) atoms. The molecule has 5 heterocycles. The molecule has 2 aliphatic rings. The number of rotatable bonds is 9. The van der Waals surface area contributed by atoms with Gasteiger partial charge in [0.1, 0.15) is 22.4 Å². The van der Waals surface area contributed by atoms with Crippen LogP contribution in [-0.4, -0.2) is 121 Å². The molecular weight excluding hydrogens is 851 g/mol. The maximum Gasteiger partial charge on any atom is 1.00 e. The van der Waals surface area contributed by atoms with Gasteiger partial charge >= 0.3 is 121 Å². The average molecular weight is 907 g/mol. The summed E-state index contributed by atoms with van der Waals surface area (Å²) < 4.78 is 22.5. The Balaban J connectivity index is 0.00000106. The second-order valence-corrected chi connectivity index (χ2v) is 15.3. The van der Waals surface area contributed by atoms with Crippen LogP contribution in [0.15, 0.2) is 35.4 Å². The van der Waals surface area contributed by atoms with Gasteiger partial charge in [-0.3, -0.25) is 19.1 Å².